The third kappa shape index (κ3) is 3.97. The zero-order valence-corrected chi connectivity index (χ0v) is 14.5. The highest BCUT2D eigenvalue weighted by Gasteiger charge is 2.18. The van der Waals surface area contributed by atoms with E-state index < -0.39 is 12.0 Å². The Morgan fingerprint density at radius 1 is 1.23 bits per heavy atom. The van der Waals surface area contributed by atoms with E-state index in [9.17, 15) is 9.59 Å². The molecular weight excluding hydrogens is 334 g/mol. The fourth-order valence-corrected chi connectivity index (χ4v) is 2.41. The lowest BCUT2D eigenvalue weighted by Crippen LogP contribution is -2.24. The molecule has 0 saturated heterocycles. The van der Waals surface area contributed by atoms with Gasteiger partial charge in [0.25, 0.3) is 0 Å². The third-order valence-corrected chi connectivity index (χ3v) is 3.98. The predicted molar refractivity (Wildman–Crippen MR) is 95.0 cm³/mol. The molecule has 0 fully saturated rings. The Morgan fingerprint density at radius 2 is 1.96 bits per heavy atom. The van der Waals surface area contributed by atoms with Crippen molar-refractivity contribution in [2.45, 2.75) is 26.4 Å². The highest BCUT2D eigenvalue weighted by Crippen LogP contribution is 2.12. The smallest absolute Gasteiger partial charge is 0.338 e. The molecule has 1 atom stereocenters. The number of nitrogens with zero attached hydrogens (tertiary/aromatic N) is 4. The first-order valence-corrected chi connectivity index (χ1v) is 8.09. The van der Waals surface area contributed by atoms with Crippen LogP contribution < -0.4 is 5.32 Å². The Labute approximate surface area is 150 Å². The minimum atomic E-state index is -1.08. The molecule has 8 nitrogen and oxygen atoms in total. The second-order valence-electron chi connectivity index (χ2n) is 6.06. The van der Waals surface area contributed by atoms with Crippen LogP contribution in [-0.4, -0.2) is 36.5 Å². The second kappa shape index (κ2) is 7.22. The van der Waals surface area contributed by atoms with Crippen molar-refractivity contribution < 1.29 is 14.7 Å². The molecule has 0 aliphatic heterocycles. The third-order valence-electron chi connectivity index (χ3n) is 3.98. The lowest BCUT2D eigenvalue weighted by Gasteiger charge is -2.11. The van der Waals surface area contributed by atoms with Crippen LogP contribution in [0, 0.1) is 6.92 Å². The number of carboxylic acid groups (broad SMARTS) is 1. The van der Waals surface area contributed by atoms with Gasteiger partial charge in [-0.05, 0) is 19.4 Å². The molecule has 0 saturated carbocycles. The van der Waals surface area contributed by atoms with Crippen LogP contribution in [0.15, 0.2) is 48.9 Å². The maximum atomic E-state index is 12.3. The summed E-state index contributed by atoms with van der Waals surface area (Å²) in [6.45, 7) is 4.27. The van der Waals surface area contributed by atoms with Crippen molar-refractivity contribution >= 4 is 17.7 Å². The number of aryl methyl sites for hydroxylation is 1. The summed E-state index contributed by atoms with van der Waals surface area (Å²) < 4.78 is 3.05. The van der Waals surface area contributed by atoms with Crippen LogP contribution in [0.5, 0.6) is 0 Å². The monoisotopic (exact) mass is 353 g/mol. The number of hydrogen-bond donors (Lipinski definition) is 2. The molecular formula is C18H19N5O3. The highest BCUT2D eigenvalue weighted by atomic mass is 16.4. The van der Waals surface area contributed by atoms with Gasteiger partial charge in [-0.2, -0.15) is 10.2 Å². The van der Waals surface area contributed by atoms with Gasteiger partial charge in [0.15, 0.2) is 5.82 Å². The number of hydrogen-bond acceptors (Lipinski definition) is 4. The summed E-state index contributed by atoms with van der Waals surface area (Å²) in [6, 6.07) is 9.21. The highest BCUT2D eigenvalue weighted by molar-refractivity contribution is 5.92. The van der Waals surface area contributed by atoms with E-state index in [0.717, 1.165) is 5.56 Å². The van der Waals surface area contributed by atoms with Gasteiger partial charge >= 0.3 is 5.97 Å². The normalized spacial score (nSPS) is 11.9. The van der Waals surface area contributed by atoms with E-state index in [2.05, 4.69) is 15.5 Å². The molecule has 2 N–H and O–H groups in total. The Balaban J connectivity index is 1.63. The molecule has 134 valence electrons. The van der Waals surface area contributed by atoms with Crippen LogP contribution in [0.1, 0.15) is 34.5 Å². The van der Waals surface area contributed by atoms with E-state index in [1.165, 1.54) is 22.6 Å². The summed E-state index contributed by atoms with van der Waals surface area (Å²) in [6.07, 6.45) is 4.32. The Kier molecular flexibility index (Phi) is 4.83. The minimum Gasteiger partial charge on any atom is -0.478 e. The summed E-state index contributed by atoms with van der Waals surface area (Å²) in [5, 5.41) is 19.9. The summed E-state index contributed by atoms with van der Waals surface area (Å²) in [5.74, 6) is -0.982. The number of rotatable bonds is 6. The van der Waals surface area contributed by atoms with Gasteiger partial charge in [-0.15, -0.1) is 0 Å². The van der Waals surface area contributed by atoms with Crippen LogP contribution in [0.2, 0.25) is 0 Å². The van der Waals surface area contributed by atoms with Gasteiger partial charge in [-0.3, -0.25) is 14.2 Å². The Morgan fingerprint density at radius 3 is 2.62 bits per heavy atom. The topological polar surface area (TPSA) is 102 Å². The van der Waals surface area contributed by atoms with Crippen molar-refractivity contribution in [3.8, 4) is 0 Å². The summed E-state index contributed by atoms with van der Waals surface area (Å²) in [5.41, 5.74) is 2.34. The van der Waals surface area contributed by atoms with Crippen LogP contribution >= 0.6 is 0 Å². The molecule has 1 aromatic carbocycles. The standard InChI is InChI=1S/C18H19N5O3/c1-12-3-5-14(6-4-12)10-22-8-7-16(21-22)20-17(24)13(2)23-11-15(9-19-23)18(25)26/h3-9,11,13H,10H2,1-2H3,(H,25,26)(H,20,21,24). The van der Waals surface area contributed by atoms with E-state index in [1.54, 1.807) is 23.9 Å². The summed E-state index contributed by atoms with van der Waals surface area (Å²) >= 11 is 0. The number of aromatic nitrogens is 4. The number of carbonyl (C=O) groups is 2. The molecule has 0 aliphatic rings. The quantitative estimate of drug-likeness (QED) is 0.708. The molecule has 26 heavy (non-hydrogen) atoms. The first kappa shape index (κ1) is 17.4. The van der Waals surface area contributed by atoms with Gasteiger partial charge in [0.1, 0.15) is 6.04 Å². The van der Waals surface area contributed by atoms with Crippen molar-refractivity contribution in [1.29, 1.82) is 0 Å². The van der Waals surface area contributed by atoms with Gasteiger partial charge in [0, 0.05) is 18.5 Å². The lowest BCUT2D eigenvalue weighted by atomic mass is 10.1. The van der Waals surface area contributed by atoms with E-state index in [1.807, 2.05) is 31.2 Å². The SMILES string of the molecule is Cc1ccc(Cn2ccc(NC(=O)C(C)n3cc(C(=O)O)cn3)n2)cc1. The number of nitrogens with one attached hydrogen (secondary N) is 1. The molecule has 3 aromatic rings. The molecule has 0 spiro atoms. The first-order valence-electron chi connectivity index (χ1n) is 8.09. The van der Waals surface area contributed by atoms with Crippen LogP contribution in [-0.2, 0) is 11.3 Å². The van der Waals surface area contributed by atoms with Crippen molar-refractivity contribution in [2.24, 2.45) is 0 Å². The molecule has 3 rings (SSSR count). The molecule has 8 heteroatoms. The van der Waals surface area contributed by atoms with Gasteiger partial charge in [-0.1, -0.05) is 29.8 Å². The van der Waals surface area contributed by atoms with E-state index in [4.69, 9.17) is 5.11 Å². The van der Waals surface area contributed by atoms with Crippen molar-refractivity contribution in [3.63, 3.8) is 0 Å². The number of anilines is 1. The fourth-order valence-electron chi connectivity index (χ4n) is 2.41. The van der Waals surface area contributed by atoms with Crippen molar-refractivity contribution in [2.75, 3.05) is 5.32 Å². The second-order valence-corrected chi connectivity index (χ2v) is 6.06. The zero-order chi connectivity index (χ0) is 18.7. The number of amides is 1. The Hall–Kier alpha value is -3.42. The van der Waals surface area contributed by atoms with E-state index >= 15 is 0 Å². The molecule has 0 bridgehead atoms. The van der Waals surface area contributed by atoms with Gasteiger partial charge in [-0.25, -0.2) is 4.79 Å². The molecule has 2 aromatic heterocycles. The lowest BCUT2D eigenvalue weighted by molar-refractivity contribution is -0.119. The largest absolute Gasteiger partial charge is 0.478 e. The maximum Gasteiger partial charge on any atom is 0.338 e. The number of carbonyl (C=O) groups excluding carboxylic acids is 1. The fraction of sp³-hybridized carbons (Fsp3) is 0.222. The van der Waals surface area contributed by atoms with E-state index in [0.29, 0.717) is 12.4 Å². The average Bonchev–Trinajstić information content (AvgIpc) is 3.26. The van der Waals surface area contributed by atoms with Crippen molar-refractivity contribution in [3.05, 3.63) is 65.6 Å². The summed E-state index contributed by atoms with van der Waals surface area (Å²) in [7, 11) is 0. The number of benzene rings is 1. The number of aromatic carboxylic acids is 1. The molecule has 2 heterocycles. The first-order chi connectivity index (χ1) is 12.4. The van der Waals surface area contributed by atoms with E-state index in [-0.39, 0.29) is 11.5 Å². The van der Waals surface area contributed by atoms with Crippen LogP contribution in [0.3, 0.4) is 0 Å². The van der Waals surface area contributed by atoms with Crippen molar-refractivity contribution in [1.82, 2.24) is 19.6 Å². The average molecular weight is 353 g/mol. The van der Waals surface area contributed by atoms with Gasteiger partial charge in [0.2, 0.25) is 5.91 Å². The summed E-state index contributed by atoms with van der Waals surface area (Å²) in [4.78, 5) is 23.2. The molecule has 1 amide bonds. The van der Waals surface area contributed by atoms with Crippen LogP contribution in [0.25, 0.3) is 0 Å². The minimum absolute atomic E-state index is 0.0343. The molecule has 0 radical (unpaired) electrons. The Bertz CT molecular complexity index is 926. The number of carboxylic acids is 1. The zero-order valence-electron chi connectivity index (χ0n) is 14.5. The maximum absolute atomic E-state index is 12.3. The van der Waals surface area contributed by atoms with Gasteiger partial charge < -0.3 is 10.4 Å². The predicted octanol–water partition coefficient (Wildman–Crippen LogP) is 2.33. The van der Waals surface area contributed by atoms with Crippen LogP contribution in [0.4, 0.5) is 5.82 Å². The van der Waals surface area contributed by atoms with Gasteiger partial charge in [0.05, 0.1) is 18.3 Å². The molecule has 1 unspecified atom stereocenters. The molecule has 0 aliphatic carbocycles.